The lowest BCUT2D eigenvalue weighted by Gasteiger charge is -2.30. The zero-order valence-electron chi connectivity index (χ0n) is 18.7. The second-order valence-corrected chi connectivity index (χ2v) is 8.55. The first-order valence-electron chi connectivity index (χ1n) is 11.5. The molecule has 3 aromatic carbocycles. The normalized spacial score (nSPS) is 23.5. The summed E-state index contributed by atoms with van der Waals surface area (Å²) >= 11 is 0. The van der Waals surface area contributed by atoms with Gasteiger partial charge in [0.2, 0.25) is 0 Å². The van der Waals surface area contributed by atoms with Crippen LogP contribution >= 0.6 is 0 Å². The molecule has 5 heteroatoms. The van der Waals surface area contributed by atoms with Crippen LogP contribution in [-0.4, -0.2) is 41.2 Å². The minimum Gasteiger partial charge on any atom is -0.390 e. The number of aliphatic hydroxyl groups is 2. The molecule has 0 bridgehead atoms. The first-order valence-corrected chi connectivity index (χ1v) is 11.5. The van der Waals surface area contributed by atoms with E-state index < -0.39 is 18.3 Å². The molecule has 0 spiro atoms. The third-order valence-corrected chi connectivity index (χ3v) is 6.13. The highest BCUT2D eigenvalue weighted by molar-refractivity contribution is 5.15. The standard InChI is InChI=1S/C28H32O5/c29-25-16-24(28(27(25)30)33-19-23-14-8-3-9-15-23)26(32-18-22-12-6-2-7-13-22)20-31-17-21-10-4-1-5-11-21/h1-15,24-30H,16-20H2/t24-,25+,26+,27-,28-/m0/s1. The van der Waals surface area contributed by atoms with Gasteiger partial charge in [0.15, 0.2) is 0 Å². The fourth-order valence-corrected chi connectivity index (χ4v) is 4.32. The Bertz CT molecular complexity index is 934. The van der Waals surface area contributed by atoms with Gasteiger partial charge in [-0.3, -0.25) is 0 Å². The molecule has 4 rings (SSSR count). The topological polar surface area (TPSA) is 68.2 Å². The van der Waals surface area contributed by atoms with E-state index in [1.54, 1.807) is 0 Å². The molecule has 0 heterocycles. The van der Waals surface area contributed by atoms with Crippen molar-refractivity contribution in [3.05, 3.63) is 108 Å². The summed E-state index contributed by atoms with van der Waals surface area (Å²) in [5.74, 6) is -0.196. The van der Waals surface area contributed by atoms with Gasteiger partial charge >= 0.3 is 0 Å². The van der Waals surface area contributed by atoms with Crippen LogP contribution in [0.15, 0.2) is 91.0 Å². The minimum absolute atomic E-state index is 0.196. The van der Waals surface area contributed by atoms with Crippen molar-refractivity contribution in [2.24, 2.45) is 5.92 Å². The summed E-state index contributed by atoms with van der Waals surface area (Å²) in [7, 11) is 0. The molecule has 0 unspecified atom stereocenters. The fourth-order valence-electron chi connectivity index (χ4n) is 4.32. The quantitative estimate of drug-likeness (QED) is 0.462. The third-order valence-electron chi connectivity index (χ3n) is 6.13. The Kier molecular flexibility index (Phi) is 8.64. The molecule has 1 aliphatic carbocycles. The lowest BCUT2D eigenvalue weighted by molar-refractivity contribution is -0.118. The number of aliphatic hydroxyl groups excluding tert-OH is 2. The lowest BCUT2D eigenvalue weighted by Crippen LogP contribution is -2.39. The number of hydrogen-bond donors (Lipinski definition) is 2. The predicted molar refractivity (Wildman–Crippen MR) is 126 cm³/mol. The number of rotatable bonds is 11. The van der Waals surface area contributed by atoms with E-state index in [1.807, 2.05) is 91.0 Å². The molecule has 33 heavy (non-hydrogen) atoms. The van der Waals surface area contributed by atoms with Crippen molar-refractivity contribution in [3.8, 4) is 0 Å². The number of ether oxygens (including phenoxy) is 3. The maximum absolute atomic E-state index is 10.7. The van der Waals surface area contributed by atoms with Crippen LogP contribution < -0.4 is 0 Å². The molecule has 1 fully saturated rings. The first kappa shape index (κ1) is 23.6. The monoisotopic (exact) mass is 448 g/mol. The Hall–Kier alpha value is -2.54. The molecule has 1 aliphatic rings. The van der Waals surface area contributed by atoms with Crippen LogP contribution in [0.4, 0.5) is 0 Å². The highest BCUT2D eigenvalue weighted by Gasteiger charge is 2.46. The van der Waals surface area contributed by atoms with Crippen molar-refractivity contribution in [1.29, 1.82) is 0 Å². The Labute approximate surface area is 195 Å². The van der Waals surface area contributed by atoms with Crippen molar-refractivity contribution >= 4 is 0 Å². The van der Waals surface area contributed by atoms with Crippen molar-refractivity contribution in [3.63, 3.8) is 0 Å². The van der Waals surface area contributed by atoms with Crippen LogP contribution in [-0.2, 0) is 34.0 Å². The Morgan fingerprint density at radius 2 is 1.21 bits per heavy atom. The van der Waals surface area contributed by atoms with Crippen LogP contribution in [0.2, 0.25) is 0 Å². The summed E-state index contributed by atoms with van der Waals surface area (Å²) in [5.41, 5.74) is 3.17. The Morgan fingerprint density at radius 3 is 1.79 bits per heavy atom. The second-order valence-electron chi connectivity index (χ2n) is 8.55. The molecule has 0 aromatic heterocycles. The molecule has 3 aromatic rings. The van der Waals surface area contributed by atoms with Gasteiger partial charge < -0.3 is 24.4 Å². The second kappa shape index (κ2) is 12.1. The molecule has 5 atom stereocenters. The van der Waals surface area contributed by atoms with Gasteiger partial charge in [-0.1, -0.05) is 91.0 Å². The molecule has 2 N–H and O–H groups in total. The Morgan fingerprint density at radius 1 is 0.697 bits per heavy atom. The summed E-state index contributed by atoms with van der Waals surface area (Å²) in [5, 5.41) is 21.1. The van der Waals surface area contributed by atoms with E-state index in [4.69, 9.17) is 14.2 Å². The number of benzene rings is 3. The fraction of sp³-hybridized carbons (Fsp3) is 0.357. The van der Waals surface area contributed by atoms with E-state index >= 15 is 0 Å². The van der Waals surface area contributed by atoms with E-state index in [9.17, 15) is 10.2 Å². The van der Waals surface area contributed by atoms with Crippen LogP contribution in [0.25, 0.3) is 0 Å². The van der Waals surface area contributed by atoms with Crippen molar-refractivity contribution < 1.29 is 24.4 Å². The lowest BCUT2D eigenvalue weighted by atomic mass is 9.98. The number of hydrogen-bond acceptors (Lipinski definition) is 5. The summed E-state index contributed by atoms with van der Waals surface area (Å²) in [6.07, 6.45) is -2.29. The summed E-state index contributed by atoms with van der Waals surface area (Å²) in [6, 6.07) is 29.8. The van der Waals surface area contributed by atoms with Crippen LogP contribution in [0.5, 0.6) is 0 Å². The van der Waals surface area contributed by atoms with Gasteiger partial charge in [-0.2, -0.15) is 0 Å². The SMILES string of the molecule is O[C@@H]1[C@@H](OCc2ccccc2)[C@H]([C@@H](COCc2ccccc2)OCc2ccccc2)C[C@H]1O. The third kappa shape index (κ3) is 6.73. The van der Waals surface area contributed by atoms with Gasteiger partial charge in [-0.05, 0) is 23.1 Å². The highest BCUT2D eigenvalue weighted by atomic mass is 16.5. The molecular formula is C28H32O5. The highest BCUT2D eigenvalue weighted by Crippen LogP contribution is 2.34. The first-order chi connectivity index (χ1) is 16.2. The van der Waals surface area contributed by atoms with Gasteiger partial charge in [0, 0.05) is 5.92 Å². The van der Waals surface area contributed by atoms with Gasteiger partial charge in [0.25, 0.3) is 0 Å². The van der Waals surface area contributed by atoms with Crippen molar-refractivity contribution in [2.75, 3.05) is 6.61 Å². The molecule has 1 saturated carbocycles. The molecule has 5 nitrogen and oxygen atoms in total. The zero-order valence-corrected chi connectivity index (χ0v) is 18.7. The maximum atomic E-state index is 10.7. The molecule has 0 aliphatic heterocycles. The summed E-state index contributed by atoms with van der Waals surface area (Å²) in [6.45, 7) is 1.60. The predicted octanol–water partition coefficient (Wildman–Crippen LogP) is 4.12. The smallest absolute Gasteiger partial charge is 0.106 e. The van der Waals surface area contributed by atoms with Gasteiger partial charge in [0.05, 0.1) is 44.7 Å². The largest absolute Gasteiger partial charge is 0.390 e. The van der Waals surface area contributed by atoms with E-state index in [-0.39, 0.29) is 12.0 Å². The molecular weight excluding hydrogens is 416 g/mol. The van der Waals surface area contributed by atoms with Gasteiger partial charge in [-0.25, -0.2) is 0 Å². The van der Waals surface area contributed by atoms with Crippen molar-refractivity contribution in [1.82, 2.24) is 0 Å². The van der Waals surface area contributed by atoms with E-state index in [0.717, 1.165) is 16.7 Å². The van der Waals surface area contributed by atoms with Crippen LogP contribution in [0.1, 0.15) is 23.1 Å². The average Bonchev–Trinajstić information content (AvgIpc) is 3.15. The summed E-state index contributed by atoms with van der Waals surface area (Å²) in [4.78, 5) is 0. The minimum atomic E-state index is -0.962. The van der Waals surface area contributed by atoms with Crippen LogP contribution in [0, 0.1) is 5.92 Å². The molecule has 0 amide bonds. The molecule has 0 radical (unpaired) electrons. The van der Waals surface area contributed by atoms with Gasteiger partial charge in [-0.15, -0.1) is 0 Å². The van der Waals surface area contributed by atoms with Crippen molar-refractivity contribution in [2.45, 2.75) is 50.7 Å². The zero-order chi connectivity index (χ0) is 22.9. The average molecular weight is 449 g/mol. The maximum Gasteiger partial charge on any atom is 0.106 e. The van der Waals surface area contributed by atoms with E-state index in [2.05, 4.69) is 0 Å². The van der Waals surface area contributed by atoms with E-state index in [1.165, 1.54) is 0 Å². The van der Waals surface area contributed by atoms with Gasteiger partial charge in [0.1, 0.15) is 6.10 Å². The van der Waals surface area contributed by atoms with Crippen LogP contribution in [0.3, 0.4) is 0 Å². The molecule has 174 valence electrons. The Balaban J connectivity index is 1.44. The molecule has 0 saturated heterocycles. The van der Waals surface area contributed by atoms with E-state index in [0.29, 0.717) is 32.8 Å². The summed E-state index contributed by atoms with van der Waals surface area (Å²) < 4.78 is 18.5.